The number of amides is 1. The van der Waals surface area contributed by atoms with Crippen LogP contribution in [0.5, 0.6) is 0 Å². The van der Waals surface area contributed by atoms with Crippen LogP contribution in [0.4, 0.5) is 21.0 Å². The lowest BCUT2D eigenvalue weighted by molar-refractivity contribution is 0.0542. The summed E-state index contributed by atoms with van der Waals surface area (Å²) in [7, 11) is 1.68. The first-order valence-electron chi connectivity index (χ1n) is 10.5. The lowest BCUT2D eigenvalue weighted by Gasteiger charge is -2.31. The highest BCUT2D eigenvalue weighted by Crippen LogP contribution is 2.34. The quantitative estimate of drug-likeness (QED) is 0.690. The fourth-order valence-electron chi connectivity index (χ4n) is 3.39. The molecule has 0 bridgehead atoms. The maximum Gasteiger partial charge on any atom is 0.418 e. The Hall–Kier alpha value is -2.74. The van der Waals surface area contributed by atoms with Crippen LogP contribution in [-0.4, -0.2) is 61.3 Å². The van der Waals surface area contributed by atoms with Crippen molar-refractivity contribution < 1.29 is 23.8 Å². The van der Waals surface area contributed by atoms with E-state index in [-0.39, 0.29) is 0 Å². The molecule has 1 aromatic carbocycles. The minimum absolute atomic E-state index is 0.460. The van der Waals surface area contributed by atoms with Crippen LogP contribution in [0.3, 0.4) is 0 Å². The van der Waals surface area contributed by atoms with Gasteiger partial charge in [0.1, 0.15) is 11.2 Å². The van der Waals surface area contributed by atoms with Crippen molar-refractivity contribution in [3.8, 4) is 0 Å². The average molecular weight is 432 g/mol. The van der Waals surface area contributed by atoms with E-state index in [1.54, 1.807) is 13.2 Å². The van der Waals surface area contributed by atoms with E-state index in [4.69, 9.17) is 14.2 Å². The van der Waals surface area contributed by atoms with E-state index in [1.807, 2.05) is 59.7 Å². The third-order valence-corrected chi connectivity index (χ3v) is 4.77. The number of rotatable bonds is 2. The Morgan fingerprint density at radius 1 is 1.00 bits per heavy atom. The summed E-state index contributed by atoms with van der Waals surface area (Å²) in [5.41, 5.74) is 1.00. The van der Waals surface area contributed by atoms with Crippen molar-refractivity contribution in [1.29, 1.82) is 0 Å². The van der Waals surface area contributed by atoms with Crippen LogP contribution >= 0.6 is 0 Å². The molecule has 1 fully saturated rings. The Bertz CT molecular complexity index is 962. The first-order chi connectivity index (χ1) is 14.4. The van der Waals surface area contributed by atoms with Crippen LogP contribution in [0, 0.1) is 0 Å². The number of carbonyl (C=O) groups is 2. The van der Waals surface area contributed by atoms with Gasteiger partial charge in [0, 0.05) is 37.4 Å². The molecular formula is C23H33N3O5. The Labute approximate surface area is 183 Å². The van der Waals surface area contributed by atoms with Crippen molar-refractivity contribution in [1.82, 2.24) is 4.57 Å². The standard InChI is InChI=1S/C23H33N3O5/c1-22(2,3)30-20(27)24(7)18-14-16(25-10-12-29-13-11-25)15-19-17(18)8-9-26(19)21(28)31-23(4,5)6/h8-9,14-15H,10-13H2,1-7H3. The molecule has 0 atom stereocenters. The summed E-state index contributed by atoms with van der Waals surface area (Å²) in [6, 6.07) is 5.73. The summed E-state index contributed by atoms with van der Waals surface area (Å²) in [5, 5.41) is 0.760. The van der Waals surface area contributed by atoms with E-state index in [0.29, 0.717) is 24.4 Å². The summed E-state index contributed by atoms with van der Waals surface area (Å²) in [6.07, 6.45) is 0.749. The van der Waals surface area contributed by atoms with Gasteiger partial charge in [-0.25, -0.2) is 9.59 Å². The molecule has 0 aliphatic carbocycles. The van der Waals surface area contributed by atoms with E-state index >= 15 is 0 Å². The number of hydrogen-bond donors (Lipinski definition) is 0. The number of ether oxygens (including phenoxy) is 3. The Balaban J connectivity index is 2.09. The SMILES string of the molecule is CN(C(=O)OC(C)(C)C)c1cc(N2CCOCC2)cc2c1ccn2C(=O)OC(C)(C)C. The first kappa shape index (κ1) is 22.9. The van der Waals surface area contributed by atoms with Gasteiger partial charge in [-0.15, -0.1) is 0 Å². The summed E-state index contributed by atoms with van der Waals surface area (Å²) < 4.78 is 18.1. The number of hydrogen-bond acceptors (Lipinski definition) is 6. The maximum atomic E-state index is 12.8. The second-order valence-electron chi connectivity index (χ2n) is 9.70. The maximum absolute atomic E-state index is 12.8. The Morgan fingerprint density at radius 2 is 1.61 bits per heavy atom. The largest absolute Gasteiger partial charge is 0.443 e. The Morgan fingerprint density at radius 3 is 2.19 bits per heavy atom. The van der Waals surface area contributed by atoms with Crippen LogP contribution in [0.2, 0.25) is 0 Å². The number of aromatic nitrogens is 1. The minimum atomic E-state index is -0.619. The number of fused-ring (bicyclic) bond motifs is 1. The first-order valence-corrected chi connectivity index (χ1v) is 10.5. The van der Waals surface area contributed by atoms with Crippen molar-refractivity contribution >= 4 is 34.5 Å². The second-order valence-corrected chi connectivity index (χ2v) is 9.70. The smallest absolute Gasteiger partial charge is 0.418 e. The molecule has 2 heterocycles. The molecule has 3 rings (SSSR count). The van der Waals surface area contributed by atoms with E-state index in [9.17, 15) is 9.59 Å². The van der Waals surface area contributed by atoms with Gasteiger partial charge in [0.25, 0.3) is 0 Å². The van der Waals surface area contributed by atoms with E-state index in [1.165, 1.54) is 9.47 Å². The predicted octanol–water partition coefficient (Wildman–Crippen LogP) is 4.63. The zero-order valence-electron chi connectivity index (χ0n) is 19.5. The van der Waals surface area contributed by atoms with Crippen molar-refractivity contribution in [2.24, 2.45) is 0 Å². The van der Waals surface area contributed by atoms with Gasteiger partial charge in [0.15, 0.2) is 0 Å². The fraction of sp³-hybridized carbons (Fsp3) is 0.565. The van der Waals surface area contributed by atoms with Gasteiger partial charge in [-0.2, -0.15) is 0 Å². The van der Waals surface area contributed by atoms with E-state index in [2.05, 4.69) is 4.90 Å². The molecule has 1 aliphatic heterocycles. The van der Waals surface area contributed by atoms with Gasteiger partial charge < -0.3 is 19.1 Å². The molecule has 1 amide bonds. The molecule has 0 N–H and O–H groups in total. The zero-order valence-corrected chi connectivity index (χ0v) is 19.5. The van der Waals surface area contributed by atoms with Crippen LogP contribution in [0.15, 0.2) is 24.4 Å². The van der Waals surface area contributed by atoms with Gasteiger partial charge in [0.2, 0.25) is 0 Å². The second kappa shape index (κ2) is 8.42. The normalized spacial score (nSPS) is 15.1. The third-order valence-electron chi connectivity index (χ3n) is 4.77. The summed E-state index contributed by atoms with van der Waals surface area (Å²) in [6.45, 7) is 13.7. The van der Waals surface area contributed by atoms with Gasteiger partial charge >= 0.3 is 12.2 Å². The van der Waals surface area contributed by atoms with Gasteiger partial charge in [0.05, 0.1) is 24.4 Å². The number of nitrogens with zero attached hydrogens (tertiary/aromatic N) is 3. The molecular weight excluding hydrogens is 398 g/mol. The molecule has 8 nitrogen and oxygen atoms in total. The number of anilines is 2. The van der Waals surface area contributed by atoms with E-state index in [0.717, 1.165) is 24.2 Å². The zero-order chi connectivity index (χ0) is 23.0. The Kier molecular flexibility index (Phi) is 6.23. The van der Waals surface area contributed by atoms with Gasteiger partial charge in [-0.3, -0.25) is 9.47 Å². The highest BCUT2D eigenvalue weighted by Gasteiger charge is 2.26. The lowest BCUT2D eigenvalue weighted by Crippen LogP contribution is -2.37. The topological polar surface area (TPSA) is 73.2 Å². The molecule has 170 valence electrons. The molecule has 2 aromatic rings. The number of morpholine rings is 1. The van der Waals surface area contributed by atoms with Crippen LogP contribution in [0.25, 0.3) is 10.9 Å². The summed E-state index contributed by atoms with van der Waals surface area (Å²) >= 11 is 0. The molecule has 1 saturated heterocycles. The molecule has 31 heavy (non-hydrogen) atoms. The van der Waals surface area contributed by atoms with Gasteiger partial charge in [-0.1, -0.05) is 0 Å². The molecule has 8 heteroatoms. The van der Waals surface area contributed by atoms with Crippen LogP contribution in [-0.2, 0) is 14.2 Å². The monoisotopic (exact) mass is 431 g/mol. The van der Waals surface area contributed by atoms with Gasteiger partial charge in [-0.05, 0) is 59.7 Å². The number of benzene rings is 1. The average Bonchev–Trinajstić information content (AvgIpc) is 3.09. The molecule has 0 radical (unpaired) electrons. The third kappa shape index (κ3) is 5.50. The molecule has 1 aliphatic rings. The molecule has 0 saturated carbocycles. The van der Waals surface area contributed by atoms with Crippen LogP contribution in [0.1, 0.15) is 41.5 Å². The highest BCUT2D eigenvalue weighted by molar-refractivity contribution is 6.04. The summed E-state index contributed by atoms with van der Waals surface area (Å²) in [4.78, 5) is 29.3. The molecule has 0 unspecified atom stereocenters. The number of carbonyl (C=O) groups excluding carboxylic acids is 2. The summed E-state index contributed by atoms with van der Waals surface area (Å²) in [5.74, 6) is 0. The van der Waals surface area contributed by atoms with Crippen molar-refractivity contribution in [3.05, 3.63) is 24.4 Å². The van der Waals surface area contributed by atoms with Crippen molar-refractivity contribution in [3.63, 3.8) is 0 Å². The minimum Gasteiger partial charge on any atom is -0.443 e. The van der Waals surface area contributed by atoms with Crippen molar-refractivity contribution in [2.45, 2.75) is 52.7 Å². The van der Waals surface area contributed by atoms with E-state index < -0.39 is 23.4 Å². The fourth-order valence-corrected chi connectivity index (χ4v) is 3.39. The van der Waals surface area contributed by atoms with Crippen molar-refractivity contribution in [2.75, 3.05) is 43.2 Å². The highest BCUT2D eigenvalue weighted by atomic mass is 16.6. The predicted molar refractivity (Wildman–Crippen MR) is 121 cm³/mol. The molecule has 0 spiro atoms. The van der Waals surface area contributed by atoms with Crippen LogP contribution < -0.4 is 9.80 Å². The molecule has 1 aromatic heterocycles. The lowest BCUT2D eigenvalue weighted by atomic mass is 10.1.